The standard InChI is InChI=1S/C21H30O3/c1-18(2)13-9-7-5-3-4-6-8-10-16-21(23)24-20-15-12-11-14-19(20)17-22/h10-12,14-18H,3-9,13H2,1-2H3/b16-10+. The number of unbranched alkanes of at least 4 members (excludes halogenated alkanes) is 6. The summed E-state index contributed by atoms with van der Waals surface area (Å²) in [6, 6.07) is 6.72. The van der Waals surface area contributed by atoms with Gasteiger partial charge in [-0.2, -0.15) is 0 Å². The average Bonchev–Trinajstić information content (AvgIpc) is 2.56. The van der Waals surface area contributed by atoms with Crippen LogP contribution in [0.1, 0.15) is 75.6 Å². The summed E-state index contributed by atoms with van der Waals surface area (Å²) in [7, 11) is 0. The van der Waals surface area contributed by atoms with Crippen LogP contribution in [0.25, 0.3) is 0 Å². The summed E-state index contributed by atoms with van der Waals surface area (Å²) >= 11 is 0. The second kappa shape index (κ2) is 12.5. The predicted molar refractivity (Wildman–Crippen MR) is 98.4 cm³/mol. The molecule has 0 heterocycles. The number of carbonyl (C=O) groups is 2. The minimum atomic E-state index is -0.432. The van der Waals surface area contributed by atoms with Gasteiger partial charge in [0.25, 0.3) is 0 Å². The average molecular weight is 330 g/mol. The van der Waals surface area contributed by atoms with Crippen LogP contribution in [0.5, 0.6) is 5.75 Å². The predicted octanol–water partition coefficient (Wildman–Crippen LogP) is 5.74. The van der Waals surface area contributed by atoms with E-state index in [1.54, 1.807) is 24.3 Å². The molecule has 0 aliphatic rings. The van der Waals surface area contributed by atoms with Crippen molar-refractivity contribution in [2.75, 3.05) is 0 Å². The van der Waals surface area contributed by atoms with Crippen LogP contribution < -0.4 is 4.74 Å². The summed E-state index contributed by atoms with van der Waals surface area (Å²) in [5.41, 5.74) is 0.386. The summed E-state index contributed by atoms with van der Waals surface area (Å²) in [5.74, 6) is 0.690. The number of benzene rings is 1. The SMILES string of the molecule is CC(C)CCCCCCCC/C=C/C(=O)Oc1ccccc1C=O. The van der Waals surface area contributed by atoms with Gasteiger partial charge in [0.15, 0.2) is 6.29 Å². The smallest absolute Gasteiger partial charge is 0.335 e. The lowest BCUT2D eigenvalue weighted by atomic mass is 10.0. The number of rotatable bonds is 12. The lowest BCUT2D eigenvalue weighted by molar-refractivity contribution is -0.129. The molecule has 0 spiro atoms. The van der Waals surface area contributed by atoms with Crippen LogP contribution in [-0.4, -0.2) is 12.3 Å². The Balaban J connectivity index is 2.10. The summed E-state index contributed by atoms with van der Waals surface area (Å²) in [6.07, 6.45) is 13.7. The maximum atomic E-state index is 11.7. The van der Waals surface area contributed by atoms with Crippen LogP contribution in [0.4, 0.5) is 0 Å². The van der Waals surface area contributed by atoms with Gasteiger partial charge < -0.3 is 4.74 Å². The van der Waals surface area contributed by atoms with Crippen molar-refractivity contribution < 1.29 is 14.3 Å². The molecule has 0 fully saturated rings. The Morgan fingerprint density at radius 2 is 1.71 bits per heavy atom. The number of ether oxygens (including phenoxy) is 1. The molecule has 24 heavy (non-hydrogen) atoms. The van der Waals surface area contributed by atoms with Gasteiger partial charge in [-0.1, -0.05) is 70.6 Å². The Morgan fingerprint density at radius 1 is 1.04 bits per heavy atom. The number of hydrogen-bond donors (Lipinski definition) is 0. The molecule has 0 unspecified atom stereocenters. The Kier molecular flexibility index (Phi) is 10.5. The molecule has 3 nitrogen and oxygen atoms in total. The Morgan fingerprint density at radius 3 is 2.42 bits per heavy atom. The summed E-state index contributed by atoms with van der Waals surface area (Å²) in [6.45, 7) is 4.55. The van der Waals surface area contributed by atoms with Gasteiger partial charge in [0, 0.05) is 6.08 Å². The lowest BCUT2D eigenvalue weighted by Crippen LogP contribution is -2.05. The monoisotopic (exact) mass is 330 g/mol. The van der Waals surface area contributed by atoms with Crippen molar-refractivity contribution in [2.45, 2.75) is 65.2 Å². The van der Waals surface area contributed by atoms with Crippen LogP contribution in [0.2, 0.25) is 0 Å². The van der Waals surface area contributed by atoms with E-state index in [0.717, 1.165) is 18.8 Å². The van der Waals surface area contributed by atoms with Crippen molar-refractivity contribution in [3.8, 4) is 5.75 Å². The fourth-order valence-electron chi connectivity index (χ4n) is 2.51. The summed E-state index contributed by atoms with van der Waals surface area (Å²) in [5, 5.41) is 0. The van der Waals surface area contributed by atoms with E-state index in [1.165, 1.54) is 44.6 Å². The maximum Gasteiger partial charge on any atom is 0.335 e. The molecule has 0 saturated carbocycles. The minimum absolute atomic E-state index is 0.309. The Hall–Kier alpha value is -1.90. The van der Waals surface area contributed by atoms with Gasteiger partial charge in [0.2, 0.25) is 0 Å². The zero-order valence-corrected chi connectivity index (χ0v) is 15.0. The van der Waals surface area contributed by atoms with Crippen LogP contribution in [0, 0.1) is 5.92 Å². The molecule has 3 heteroatoms. The van der Waals surface area contributed by atoms with Crippen LogP contribution >= 0.6 is 0 Å². The van der Waals surface area contributed by atoms with Crippen molar-refractivity contribution in [3.05, 3.63) is 42.0 Å². The van der Waals surface area contributed by atoms with E-state index in [0.29, 0.717) is 17.6 Å². The van der Waals surface area contributed by atoms with Gasteiger partial charge in [0.05, 0.1) is 5.56 Å². The number of carbonyl (C=O) groups excluding carboxylic acids is 2. The number of aldehydes is 1. The second-order valence-electron chi connectivity index (χ2n) is 6.57. The highest BCUT2D eigenvalue weighted by molar-refractivity contribution is 5.87. The lowest BCUT2D eigenvalue weighted by Gasteiger charge is -2.04. The molecule has 0 aliphatic heterocycles. The van der Waals surface area contributed by atoms with Crippen LogP contribution in [0.15, 0.2) is 36.4 Å². The highest BCUT2D eigenvalue weighted by Crippen LogP contribution is 2.16. The van der Waals surface area contributed by atoms with E-state index in [4.69, 9.17) is 4.74 Å². The van der Waals surface area contributed by atoms with Crippen molar-refractivity contribution in [2.24, 2.45) is 5.92 Å². The Bertz CT molecular complexity index is 518. The zero-order chi connectivity index (χ0) is 17.6. The van der Waals surface area contributed by atoms with E-state index in [-0.39, 0.29) is 0 Å². The number of allylic oxidation sites excluding steroid dienone is 1. The molecule has 0 atom stereocenters. The molecule has 0 saturated heterocycles. The quantitative estimate of drug-likeness (QED) is 0.161. The second-order valence-corrected chi connectivity index (χ2v) is 6.57. The zero-order valence-electron chi connectivity index (χ0n) is 15.0. The first-order chi connectivity index (χ1) is 11.6. The molecule has 132 valence electrons. The van der Waals surface area contributed by atoms with Gasteiger partial charge in [-0.3, -0.25) is 4.79 Å². The minimum Gasteiger partial charge on any atom is -0.423 e. The maximum absolute atomic E-state index is 11.7. The molecule has 1 aromatic rings. The van der Waals surface area contributed by atoms with E-state index < -0.39 is 5.97 Å². The molecule has 0 N–H and O–H groups in total. The van der Waals surface area contributed by atoms with Crippen LogP contribution in [0.3, 0.4) is 0 Å². The van der Waals surface area contributed by atoms with Gasteiger partial charge in [0.1, 0.15) is 5.75 Å². The van der Waals surface area contributed by atoms with E-state index >= 15 is 0 Å². The highest BCUT2D eigenvalue weighted by atomic mass is 16.5. The third-order valence-electron chi connectivity index (χ3n) is 3.91. The molecule has 0 aromatic heterocycles. The first-order valence-corrected chi connectivity index (χ1v) is 9.06. The topological polar surface area (TPSA) is 43.4 Å². The Labute approximate surface area is 146 Å². The molecule has 0 radical (unpaired) electrons. The third kappa shape index (κ3) is 9.29. The normalized spacial score (nSPS) is 11.1. The van der Waals surface area contributed by atoms with E-state index in [9.17, 15) is 9.59 Å². The van der Waals surface area contributed by atoms with Gasteiger partial charge in [-0.05, 0) is 30.9 Å². The molecule has 0 bridgehead atoms. The third-order valence-corrected chi connectivity index (χ3v) is 3.91. The largest absolute Gasteiger partial charge is 0.423 e. The van der Waals surface area contributed by atoms with Gasteiger partial charge in [-0.15, -0.1) is 0 Å². The van der Waals surface area contributed by atoms with Gasteiger partial charge in [-0.25, -0.2) is 4.79 Å². The molecule has 0 aliphatic carbocycles. The molecule has 1 rings (SSSR count). The van der Waals surface area contributed by atoms with Crippen molar-refractivity contribution >= 4 is 12.3 Å². The molecule has 0 amide bonds. The van der Waals surface area contributed by atoms with Crippen molar-refractivity contribution in [1.82, 2.24) is 0 Å². The summed E-state index contributed by atoms with van der Waals surface area (Å²) in [4.78, 5) is 22.6. The van der Waals surface area contributed by atoms with Gasteiger partial charge >= 0.3 is 5.97 Å². The number of para-hydroxylation sites is 1. The highest BCUT2D eigenvalue weighted by Gasteiger charge is 2.05. The van der Waals surface area contributed by atoms with Crippen molar-refractivity contribution in [1.29, 1.82) is 0 Å². The number of hydrogen-bond acceptors (Lipinski definition) is 3. The van der Waals surface area contributed by atoms with Crippen molar-refractivity contribution in [3.63, 3.8) is 0 Å². The molecule has 1 aromatic carbocycles. The van der Waals surface area contributed by atoms with E-state index in [2.05, 4.69) is 13.8 Å². The summed E-state index contributed by atoms with van der Waals surface area (Å²) < 4.78 is 5.17. The van der Waals surface area contributed by atoms with E-state index in [1.807, 2.05) is 6.08 Å². The van der Waals surface area contributed by atoms with Crippen LogP contribution in [-0.2, 0) is 4.79 Å². The molecular formula is C21H30O3. The molecular weight excluding hydrogens is 300 g/mol. The fraction of sp³-hybridized carbons (Fsp3) is 0.524. The first-order valence-electron chi connectivity index (χ1n) is 9.06. The first kappa shape index (κ1) is 20.1. The fourth-order valence-corrected chi connectivity index (χ4v) is 2.51. The number of esters is 1.